The van der Waals surface area contributed by atoms with Crippen molar-refractivity contribution < 1.29 is 0 Å². The molecule has 1 unspecified atom stereocenters. The highest BCUT2D eigenvalue weighted by atomic mass is 15.3. The van der Waals surface area contributed by atoms with Gasteiger partial charge in [-0.25, -0.2) is 0 Å². The largest absolute Gasteiger partial charge is 0.369 e. The molecule has 4 rings (SSSR count). The molecule has 0 aromatic rings. The lowest BCUT2D eigenvalue weighted by atomic mass is 9.69. The van der Waals surface area contributed by atoms with Crippen LogP contribution in [-0.4, -0.2) is 80.0 Å². The van der Waals surface area contributed by atoms with Gasteiger partial charge in [0.15, 0.2) is 0 Å². The van der Waals surface area contributed by atoms with Gasteiger partial charge in [0.2, 0.25) is 0 Å². The predicted molar refractivity (Wildman–Crippen MR) is 104 cm³/mol. The number of hydrogen-bond donors (Lipinski definition) is 0. The number of nitriles is 1. The van der Waals surface area contributed by atoms with E-state index in [2.05, 4.69) is 65.2 Å². The van der Waals surface area contributed by atoms with Gasteiger partial charge in [-0.2, -0.15) is 5.26 Å². The smallest absolute Gasteiger partial charge is 0.0911 e. The highest BCUT2D eigenvalue weighted by Gasteiger charge is 2.49. The number of hydrogen-bond acceptors (Lipinski definition) is 5. The van der Waals surface area contributed by atoms with Gasteiger partial charge < -0.3 is 19.6 Å². The second kappa shape index (κ2) is 6.61. The highest BCUT2D eigenvalue weighted by molar-refractivity contribution is 5.47. The van der Waals surface area contributed by atoms with Gasteiger partial charge in [0.05, 0.1) is 11.5 Å². The van der Waals surface area contributed by atoms with Gasteiger partial charge in [-0.15, -0.1) is 0 Å². The molecule has 1 spiro atoms. The van der Waals surface area contributed by atoms with Gasteiger partial charge >= 0.3 is 0 Å². The first-order chi connectivity index (χ1) is 12.5. The van der Waals surface area contributed by atoms with E-state index in [-0.39, 0.29) is 5.41 Å². The second-order valence-electron chi connectivity index (χ2n) is 8.24. The maximum atomic E-state index is 9.19. The molecule has 0 saturated carbocycles. The molecule has 0 bridgehead atoms. The van der Waals surface area contributed by atoms with Crippen molar-refractivity contribution in [2.24, 2.45) is 5.41 Å². The second-order valence-corrected chi connectivity index (χ2v) is 8.24. The molecule has 138 valence electrons. The molecule has 0 N–H and O–H groups in total. The zero-order chi connectivity index (χ0) is 18.3. The lowest BCUT2D eigenvalue weighted by molar-refractivity contribution is 0.187. The summed E-state index contributed by atoms with van der Waals surface area (Å²) in [4.78, 5) is 9.74. The average molecular weight is 351 g/mol. The topological polar surface area (TPSA) is 36.8 Å². The molecule has 0 radical (unpaired) electrons. The van der Waals surface area contributed by atoms with E-state index in [0.29, 0.717) is 0 Å². The third-order valence-electron chi connectivity index (χ3n) is 6.38. The van der Waals surface area contributed by atoms with E-state index in [9.17, 15) is 5.26 Å². The molecule has 2 saturated heterocycles. The van der Waals surface area contributed by atoms with E-state index in [1.165, 1.54) is 17.0 Å². The molecule has 5 nitrogen and oxygen atoms in total. The van der Waals surface area contributed by atoms with Crippen LogP contribution in [0.25, 0.3) is 0 Å². The minimum Gasteiger partial charge on any atom is -0.369 e. The van der Waals surface area contributed by atoms with Crippen LogP contribution in [0.4, 0.5) is 0 Å². The van der Waals surface area contributed by atoms with Gasteiger partial charge in [0, 0.05) is 70.0 Å². The van der Waals surface area contributed by atoms with E-state index in [4.69, 9.17) is 0 Å². The van der Waals surface area contributed by atoms with Crippen molar-refractivity contribution in [2.45, 2.75) is 12.8 Å². The summed E-state index contributed by atoms with van der Waals surface area (Å²) in [6.07, 6.45) is 10.5. The molecule has 0 aromatic carbocycles. The quantitative estimate of drug-likeness (QED) is 0.676. The Kier molecular flexibility index (Phi) is 4.42. The fraction of sp³-hybridized carbons (Fsp3) is 0.571. The van der Waals surface area contributed by atoms with Crippen LogP contribution in [0.3, 0.4) is 0 Å². The Hall–Kier alpha value is -2.03. The number of allylic oxidation sites excluding steroid dienone is 4. The molecule has 0 aromatic heterocycles. The predicted octanol–water partition coefficient (Wildman–Crippen LogP) is 2.01. The summed E-state index contributed by atoms with van der Waals surface area (Å²) in [5, 5.41) is 9.19. The van der Waals surface area contributed by atoms with Crippen LogP contribution < -0.4 is 0 Å². The molecule has 5 heteroatoms. The van der Waals surface area contributed by atoms with Crippen molar-refractivity contribution in [3.8, 4) is 6.07 Å². The van der Waals surface area contributed by atoms with Crippen LogP contribution in [0.2, 0.25) is 0 Å². The van der Waals surface area contributed by atoms with Gasteiger partial charge in [0.1, 0.15) is 0 Å². The fourth-order valence-electron chi connectivity index (χ4n) is 5.12. The number of piperazine rings is 1. The van der Waals surface area contributed by atoms with Crippen molar-refractivity contribution in [3.05, 3.63) is 47.0 Å². The first kappa shape index (κ1) is 17.4. The van der Waals surface area contributed by atoms with Crippen molar-refractivity contribution in [1.29, 1.82) is 5.26 Å². The van der Waals surface area contributed by atoms with Gasteiger partial charge in [-0.3, -0.25) is 0 Å². The summed E-state index contributed by atoms with van der Waals surface area (Å²) in [5.41, 5.74) is 5.63. The molecular weight excluding hydrogens is 322 g/mol. The van der Waals surface area contributed by atoms with E-state index in [1.807, 2.05) is 0 Å². The molecule has 1 atom stereocenters. The average Bonchev–Trinajstić information content (AvgIpc) is 2.87. The summed E-state index contributed by atoms with van der Waals surface area (Å²) in [5.74, 6) is 0. The number of likely N-dealkylation sites (N-methyl/N-ethyl adjacent to an activating group) is 2. The Labute approximate surface area is 157 Å². The van der Waals surface area contributed by atoms with E-state index in [0.717, 1.165) is 52.1 Å². The van der Waals surface area contributed by atoms with E-state index in [1.54, 1.807) is 11.6 Å². The number of rotatable bonds is 1. The lowest BCUT2D eigenvalue weighted by Gasteiger charge is -2.42. The highest BCUT2D eigenvalue weighted by Crippen LogP contribution is 2.53. The lowest BCUT2D eigenvalue weighted by Crippen LogP contribution is -2.44. The maximum Gasteiger partial charge on any atom is 0.0911 e. The Balaban J connectivity index is 1.82. The minimum absolute atomic E-state index is 0.00656. The van der Waals surface area contributed by atoms with Crippen molar-refractivity contribution in [2.75, 3.05) is 60.4 Å². The van der Waals surface area contributed by atoms with Crippen molar-refractivity contribution in [3.63, 3.8) is 0 Å². The van der Waals surface area contributed by atoms with Crippen LogP contribution in [0, 0.1) is 16.7 Å². The number of nitrogens with zero attached hydrogens (tertiary/aromatic N) is 5. The monoisotopic (exact) mass is 351 g/mol. The summed E-state index contributed by atoms with van der Waals surface area (Å²) < 4.78 is 0. The normalized spacial score (nSPS) is 31.6. The molecule has 4 aliphatic rings. The zero-order valence-electron chi connectivity index (χ0n) is 16.2. The van der Waals surface area contributed by atoms with E-state index >= 15 is 0 Å². The van der Waals surface area contributed by atoms with Gasteiger partial charge in [-0.1, -0.05) is 11.6 Å². The fourth-order valence-corrected chi connectivity index (χ4v) is 5.12. The van der Waals surface area contributed by atoms with Crippen molar-refractivity contribution in [1.82, 2.24) is 19.6 Å². The first-order valence-corrected chi connectivity index (χ1v) is 9.58. The first-order valence-electron chi connectivity index (χ1n) is 9.58. The Morgan fingerprint density at radius 2 is 1.88 bits per heavy atom. The molecule has 26 heavy (non-hydrogen) atoms. The number of likely N-dealkylation sites (tertiary alicyclic amines) is 1. The van der Waals surface area contributed by atoms with Crippen LogP contribution in [0.5, 0.6) is 0 Å². The SMILES string of the molecule is CN1CCN(C2=C3CN(C)CC34C/C(=C\C#N)CC=C4N(C)C=C2)CC1. The van der Waals surface area contributed by atoms with Crippen LogP contribution in [-0.2, 0) is 0 Å². The Morgan fingerprint density at radius 1 is 1.12 bits per heavy atom. The Bertz CT molecular complexity index is 745. The summed E-state index contributed by atoms with van der Waals surface area (Å²) >= 11 is 0. The van der Waals surface area contributed by atoms with E-state index < -0.39 is 0 Å². The standard InChI is InChI=1S/C21H29N5/c1-23-10-12-26(13-11-23)19-7-9-25(3)20-5-4-17(6-8-22)14-21(20)16-24(2)15-18(19)21/h5-7,9H,4,10-16H2,1-3H3/b17-6-. The third-order valence-corrected chi connectivity index (χ3v) is 6.38. The zero-order valence-corrected chi connectivity index (χ0v) is 16.2. The molecule has 2 fully saturated rings. The minimum atomic E-state index is 0.00656. The van der Waals surface area contributed by atoms with Crippen LogP contribution >= 0.6 is 0 Å². The Morgan fingerprint density at radius 3 is 2.62 bits per heavy atom. The molecule has 1 aliphatic carbocycles. The van der Waals surface area contributed by atoms with Crippen LogP contribution in [0.15, 0.2) is 47.0 Å². The van der Waals surface area contributed by atoms with Gasteiger partial charge in [0.25, 0.3) is 0 Å². The maximum absolute atomic E-state index is 9.19. The summed E-state index contributed by atoms with van der Waals surface area (Å²) in [6.45, 7) is 6.45. The van der Waals surface area contributed by atoms with Crippen molar-refractivity contribution >= 4 is 0 Å². The molecule has 3 aliphatic heterocycles. The third kappa shape index (κ3) is 2.78. The summed E-state index contributed by atoms with van der Waals surface area (Å²) in [7, 11) is 6.60. The molecule has 0 amide bonds. The molecule has 3 heterocycles. The van der Waals surface area contributed by atoms with Crippen LogP contribution in [0.1, 0.15) is 12.8 Å². The molecular formula is C21H29N5. The summed E-state index contributed by atoms with van der Waals surface area (Å²) in [6, 6.07) is 2.26. The van der Waals surface area contributed by atoms with Gasteiger partial charge in [-0.05, 0) is 38.6 Å².